The second-order valence-electron chi connectivity index (χ2n) is 6.21. The second-order valence-corrected chi connectivity index (χ2v) is 8.65. The molecular weight excluding hydrogens is 248 g/mol. The molecular formula is C13H24N2S2. The Bertz CT molecular complexity index is 278. The van der Waals surface area contributed by atoms with Gasteiger partial charge in [0.05, 0.1) is 6.54 Å². The molecule has 2 unspecified atom stereocenters. The topological polar surface area (TPSA) is 24.4 Å². The van der Waals surface area contributed by atoms with E-state index in [1.165, 1.54) is 35.9 Å². The number of aliphatic imine (C=N–C) groups is 1. The van der Waals surface area contributed by atoms with Crippen LogP contribution in [0.3, 0.4) is 0 Å². The summed E-state index contributed by atoms with van der Waals surface area (Å²) in [5.41, 5.74) is 0.420. The van der Waals surface area contributed by atoms with Gasteiger partial charge in [0.2, 0.25) is 0 Å². The fourth-order valence-corrected chi connectivity index (χ4v) is 4.82. The fourth-order valence-electron chi connectivity index (χ4n) is 2.32. The molecule has 0 saturated carbocycles. The molecule has 0 aromatic carbocycles. The van der Waals surface area contributed by atoms with Crippen LogP contribution in [0.2, 0.25) is 0 Å². The number of hydrogen-bond acceptors (Lipinski definition) is 4. The molecule has 0 spiro atoms. The van der Waals surface area contributed by atoms with E-state index in [2.05, 4.69) is 42.8 Å². The van der Waals surface area contributed by atoms with Gasteiger partial charge >= 0.3 is 0 Å². The highest BCUT2D eigenvalue weighted by Crippen LogP contribution is 2.32. The normalized spacial score (nSPS) is 30.2. The van der Waals surface area contributed by atoms with Crippen LogP contribution in [0.5, 0.6) is 0 Å². The van der Waals surface area contributed by atoms with Gasteiger partial charge in [0, 0.05) is 17.0 Å². The Hall–Kier alpha value is 0.170. The first kappa shape index (κ1) is 13.6. The van der Waals surface area contributed by atoms with Crippen molar-refractivity contribution in [2.75, 3.05) is 18.1 Å². The first-order chi connectivity index (χ1) is 8.03. The molecule has 2 heterocycles. The van der Waals surface area contributed by atoms with Gasteiger partial charge in [-0.15, -0.1) is 0 Å². The minimum absolute atomic E-state index is 0.420. The van der Waals surface area contributed by atoms with E-state index < -0.39 is 0 Å². The van der Waals surface area contributed by atoms with Crippen LogP contribution in [0.1, 0.15) is 40.0 Å². The molecule has 1 saturated heterocycles. The van der Waals surface area contributed by atoms with Crippen molar-refractivity contribution in [2.24, 2.45) is 10.4 Å². The van der Waals surface area contributed by atoms with Crippen LogP contribution in [0, 0.1) is 5.41 Å². The molecule has 2 aliphatic rings. The molecule has 98 valence electrons. The van der Waals surface area contributed by atoms with Crippen LogP contribution in [0.25, 0.3) is 0 Å². The van der Waals surface area contributed by atoms with Crippen molar-refractivity contribution in [3.8, 4) is 0 Å². The molecule has 2 atom stereocenters. The minimum atomic E-state index is 0.420. The maximum Gasteiger partial charge on any atom is 0.157 e. The number of nitrogens with zero attached hydrogens (tertiary/aromatic N) is 1. The van der Waals surface area contributed by atoms with Gasteiger partial charge in [0.25, 0.3) is 0 Å². The largest absolute Gasteiger partial charge is 0.361 e. The molecule has 0 aliphatic carbocycles. The summed E-state index contributed by atoms with van der Waals surface area (Å²) in [6, 6.07) is 0.661. The van der Waals surface area contributed by atoms with E-state index in [9.17, 15) is 0 Å². The lowest BCUT2D eigenvalue weighted by atomic mass is 9.90. The molecule has 2 nitrogen and oxygen atoms in total. The Kier molecular flexibility index (Phi) is 4.70. The van der Waals surface area contributed by atoms with Gasteiger partial charge in [-0.05, 0) is 30.4 Å². The van der Waals surface area contributed by atoms with Crippen molar-refractivity contribution < 1.29 is 0 Å². The molecule has 0 amide bonds. The first-order valence-corrected chi connectivity index (χ1v) is 8.62. The van der Waals surface area contributed by atoms with Crippen molar-refractivity contribution in [2.45, 2.75) is 51.3 Å². The standard InChI is InChI=1S/C13H24N2S2/c1-13(2,3)7-11-8-14-12(17-11)15-10-5-4-6-16-9-10/h10-11H,4-9H2,1-3H3,(H,14,15). The quantitative estimate of drug-likeness (QED) is 0.834. The number of nitrogens with one attached hydrogen (secondary N) is 1. The third-order valence-corrected chi connectivity index (χ3v) is 5.38. The molecule has 0 aromatic heterocycles. The zero-order chi connectivity index (χ0) is 12.3. The van der Waals surface area contributed by atoms with Gasteiger partial charge < -0.3 is 5.32 Å². The number of hydrogen-bond donors (Lipinski definition) is 1. The molecule has 0 aromatic rings. The zero-order valence-corrected chi connectivity index (χ0v) is 12.8. The van der Waals surface area contributed by atoms with Crippen LogP contribution < -0.4 is 5.32 Å². The summed E-state index contributed by atoms with van der Waals surface area (Å²) in [4.78, 5) is 4.65. The molecule has 2 rings (SSSR count). The summed E-state index contributed by atoms with van der Waals surface area (Å²) in [5, 5.41) is 5.52. The first-order valence-electron chi connectivity index (χ1n) is 6.58. The third-order valence-electron chi connectivity index (χ3n) is 3.04. The summed E-state index contributed by atoms with van der Waals surface area (Å²) in [6.07, 6.45) is 3.92. The Morgan fingerprint density at radius 3 is 2.88 bits per heavy atom. The van der Waals surface area contributed by atoms with Gasteiger partial charge in [0.15, 0.2) is 5.17 Å². The van der Waals surface area contributed by atoms with Crippen molar-refractivity contribution in [1.82, 2.24) is 5.32 Å². The highest BCUT2D eigenvalue weighted by atomic mass is 32.2. The number of rotatable bonds is 2. The van der Waals surface area contributed by atoms with Crippen molar-refractivity contribution in [1.29, 1.82) is 0 Å². The Morgan fingerprint density at radius 1 is 1.41 bits per heavy atom. The van der Waals surface area contributed by atoms with E-state index in [1.807, 2.05) is 11.8 Å². The SMILES string of the molecule is CC(C)(C)CC1CN=C(NC2CCCSC2)S1. The predicted octanol–water partition coefficient (Wildman–Crippen LogP) is 3.38. The van der Waals surface area contributed by atoms with Gasteiger partial charge in [-0.3, -0.25) is 4.99 Å². The zero-order valence-electron chi connectivity index (χ0n) is 11.2. The van der Waals surface area contributed by atoms with E-state index in [0.29, 0.717) is 16.7 Å². The lowest BCUT2D eigenvalue weighted by molar-refractivity contribution is 0.375. The monoisotopic (exact) mass is 272 g/mol. The Balaban J connectivity index is 1.73. The Labute approximate surface area is 114 Å². The van der Waals surface area contributed by atoms with Crippen molar-refractivity contribution in [3.05, 3.63) is 0 Å². The van der Waals surface area contributed by atoms with Crippen LogP contribution >= 0.6 is 23.5 Å². The summed E-state index contributed by atoms with van der Waals surface area (Å²) in [6.45, 7) is 7.95. The van der Waals surface area contributed by atoms with Gasteiger partial charge in [-0.25, -0.2) is 0 Å². The molecule has 4 heteroatoms. The molecule has 0 bridgehead atoms. The average Bonchev–Trinajstić information content (AvgIpc) is 2.64. The van der Waals surface area contributed by atoms with Gasteiger partial charge in [-0.2, -0.15) is 11.8 Å². The smallest absolute Gasteiger partial charge is 0.157 e. The fraction of sp³-hybridized carbons (Fsp3) is 0.923. The maximum atomic E-state index is 4.65. The number of amidine groups is 1. The van der Waals surface area contributed by atoms with Crippen molar-refractivity contribution >= 4 is 28.7 Å². The lowest BCUT2D eigenvalue weighted by Gasteiger charge is -2.24. The summed E-state index contributed by atoms with van der Waals surface area (Å²) in [7, 11) is 0. The second kappa shape index (κ2) is 5.87. The summed E-state index contributed by atoms with van der Waals surface area (Å²) < 4.78 is 0. The van der Waals surface area contributed by atoms with E-state index in [-0.39, 0.29) is 0 Å². The van der Waals surface area contributed by atoms with Crippen molar-refractivity contribution in [3.63, 3.8) is 0 Å². The van der Waals surface area contributed by atoms with Crippen LogP contribution in [0.15, 0.2) is 4.99 Å². The molecule has 2 aliphatic heterocycles. The lowest BCUT2D eigenvalue weighted by Crippen LogP contribution is -2.36. The predicted molar refractivity (Wildman–Crippen MR) is 81.2 cm³/mol. The van der Waals surface area contributed by atoms with E-state index in [4.69, 9.17) is 0 Å². The van der Waals surface area contributed by atoms with Crippen LogP contribution in [-0.2, 0) is 0 Å². The highest BCUT2D eigenvalue weighted by molar-refractivity contribution is 8.14. The summed E-state index contributed by atoms with van der Waals surface area (Å²) >= 11 is 4.03. The summed E-state index contributed by atoms with van der Waals surface area (Å²) in [5.74, 6) is 2.59. The van der Waals surface area contributed by atoms with Gasteiger partial charge in [-0.1, -0.05) is 32.5 Å². The van der Waals surface area contributed by atoms with E-state index in [0.717, 1.165) is 6.54 Å². The molecule has 1 N–H and O–H groups in total. The average molecular weight is 272 g/mol. The number of thioether (sulfide) groups is 2. The van der Waals surface area contributed by atoms with Crippen LogP contribution in [-0.4, -0.2) is 34.5 Å². The Morgan fingerprint density at radius 2 is 2.24 bits per heavy atom. The highest BCUT2D eigenvalue weighted by Gasteiger charge is 2.26. The molecule has 17 heavy (non-hydrogen) atoms. The third kappa shape index (κ3) is 4.74. The van der Waals surface area contributed by atoms with E-state index >= 15 is 0 Å². The van der Waals surface area contributed by atoms with Gasteiger partial charge in [0.1, 0.15) is 0 Å². The minimum Gasteiger partial charge on any atom is -0.361 e. The molecule has 1 fully saturated rings. The maximum absolute atomic E-state index is 4.65. The van der Waals surface area contributed by atoms with Crippen LogP contribution in [0.4, 0.5) is 0 Å². The van der Waals surface area contributed by atoms with E-state index in [1.54, 1.807) is 0 Å². The molecule has 0 radical (unpaired) electrons.